The number of carbonyl (C=O) groups is 3. The van der Waals surface area contributed by atoms with Crippen molar-refractivity contribution in [1.82, 2.24) is 10.6 Å². The maximum Gasteiger partial charge on any atom is 0.318 e. The average molecular weight is 365 g/mol. The minimum atomic E-state index is -0.930. The first-order chi connectivity index (χ1) is 11.6. The highest BCUT2D eigenvalue weighted by Crippen LogP contribution is 2.64. The monoisotopic (exact) mass is 365 g/mol. The third-order valence-electron chi connectivity index (χ3n) is 6.18. The zero-order chi connectivity index (χ0) is 18.4. The second kappa shape index (κ2) is 6.12. The van der Waals surface area contributed by atoms with Crippen LogP contribution in [0, 0.1) is 16.7 Å². The molecule has 2 saturated carbocycles. The fourth-order valence-corrected chi connectivity index (χ4v) is 5.05. The molecule has 3 fully saturated rings. The molecule has 4 N–H and O–H groups in total. The number of thioether (sulfide) groups is 1. The fourth-order valence-electron chi connectivity index (χ4n) is 4.13. The molecule has 2 aliphatic carbocycles. The maximum atomic E-state index is 11.9. The summed E-state index contributed by atoms with van der Waals surface area (Å²) in [7, 11) is 0. The summed E-state index contributed by atoms with van der Waals surface area (Å²) >= 11 is 1.15. The van der Waals surface area contributed by atoms with Crippen LogP contribution in [0.2, 0.25) is 0 Å². The van der Waals surface area contributed by atoms with Crippen LogP contribution in [0.25, 0.3) is 0 Å². The lowest BCUT2D eigenvalue weighted by Gasteiger charge is -2.34. The summed E-state index contributed by atoms with van der Waals surface area (Å²) in [6, 6.07) is -0.930. The lowest BCUT2D eigenvalue weighted by atomic mass is 9.70. The second-order valence-electron chi connectivity index (χ2n) is 7.66. The summed E-state index contributed by atoms with van der Waals surface area (Å²) < 4.78 is 0. The Hall–Kier alpha value is -1.90. The predicted octanol–water partition coefficient (Wildman–Crippen LogP) is 1.36. The number of fused-ring (bicyclic) bond motifs is 2. The highest BCUT2D eigenvalue weighted by molar-refractivity contribution is 8.15. The Morgan fingerprint density at radius 3 is 2.64 bits per heavy atom. The molecule has 0 aromatic rings. The standard InChI is InChI=1S/C16H23N5O3S/c1-15(2)8-4-5-16(15,3)10(6-8)20-21-14-19-12(23)9(25-14)7-11(22)18-13(17)24/h8-9H,4-7H2,1-3H3,(H,19,21,23)(H3,17,18,22,24)/b20-10+. The number of rotatable bonds is 3. The van der Waals surface area contributed by atoms with Gasteiger partial charge < -0.3 is 11.1 Å². The molecule has 136 valence electrons. The highest BCUT2D eigenvalue weighted by Gasteiger charge is 2.60. The summed E-state index contributed by atoms with van der Waals surface area (Å²) in [6.45, 7) is 6.83. The predicted molar refractivity (Wildman–Crippen MR) is 96.0 cm³/mol. The van der Waals surface area contributed by atoms with Gasteiger partial charge in [0.05, 0.1) is 0 Å². The molecule has 25 heavy (non-hydrogen) atoms. The fraction of sp³-hybridized carbons (Fsp3) is 0.688. The van der Waals surface area contributed by atoms with Crippen LogP contribution in [0.15, 0.2) is 10.2 Å². The van der Waals surface area contributed by atoms with E-state index >= 15 is 0 Å². The number of primary amides is 1. The molecular formula is C16H23N5O3S. The first kappa shape index (κ1) is 17.9. The van der Waals surface area contributed by atoms with E-state index in [2.05, 4.69) is 36.3 Å². The largest absolute Gasteiger partial charge is 0.351 e. The van der Waals surface area contributed by atoms with Gasteiger partial charge in [-0.3, -0.25) is 14.9 Å². The number of imide groups is 1. The van der Waals surface area contributed by atoms with Gasteiger partial charge in [-0.05, 0) is 30.6 Å². The molecule has 1 saturated heterocycles. The Labute approximate surface area is 150 Å². The van der Waals surface area contributed by atoms with Crippen LogP contribution >= 0.6 is 11.8 Å². The number of amides is 4. The zero-order valence-electron chi connectivity index (χ0n) is 14.6. The van der Waals surface area contributed by atoms with Crippen LogP contribution in [-0.2, 0) is 9.59 Å². The van der Waals surface area contributed by atoms with Crippen LogP contribution in [0.1, 0.15) is 46.5 Å². The van der Waals surface area contributed by atoms with E-state index in [0.29, 0.717) is 11.1 Å². The van der Waals surface area contributed by atoms with Crippen molar-refractivity contribution in [2.24, 2.45) is 32.7 Å². The van der Waals surface area contributed by atoms with Gasteiger partial charge in [-0.2, -0.15) is 5.10 Å². The molecule has 3 atom stereocenters. The molecule has 2 bridgehead atoms. The van der Waals surface area contributed by atoms with Gasteiger partial charge in [0.1, 0.15) is 5.25 Å². The van der Waals surface area contributed by atoms with Crippen molar-refractivity contribution in [3.63, 3.8) is 0 Å². The Balaban J connectivity index is 1.67. The number of carbonyl (C=O) groups excluding carboxylic acids is 3. The SMILES string of the molecule is CC12CCC(C/C1=N\N=C1NC(=O)C(CC(=O)NC(N)=O)S1)C2(C)C. The first-order valence-corrected chi connectivity index (χ1v) is 9.23. The van der Waals surface area contributed by atoms with Crippen LogP contribution < -0.4 is 16.4 Å². The van der Waals surface area contributed by atoms with E-state index < -0.39 is 17.2 Å². The molecule has 9 heteroatoms. The van der Waals surface area contributed by atoms with E-state index in [1.165, 1.54) is 6.42 Å². The van der Waals surface area contributed by atoms with E-state index in [-0.39, 0.29) is 23.2 Å². The van der Waals surface area contributed by atoms with E-state index in [9.17, 15) is 14.4 Å². The van der Waals surface area contributed by atoms with Gasteiger partial charge in [-0.1, -0.05) is 32.5 Å². The molecule has 3 aliphatic rings. The molecular weight excluding hydrogens is 342 g/mol. The van der Waals surface area contributed by atoms with Crippen molar-refractivity contribution in [2.75, 3.05) is 0 Å². The number of urea groups is 1. The lowest BCUT2D eigenvalue weighted by Crippen LogP contribution is -2.37. The van der Waals surface area contributed by atoms with Crippen molar-refractivity contribution in [3.8, 4) is 0 Å². The summed E-state index contributed by atoms with van der Waals surface area (Å²) in [6.07, 6.45) is 3.15. The normalized spacial score (nSPS) is 36.0. The number of nitrogens with two attached hydrogens (primary N) is 1. The van der Waals surface area contributed by atoms with Gasteiger partial charge >= 0.3 is 6.03 Å². The van der Waals surface area contributed by atoms with Gasteiger partial charge in [-0.25, -0.2) is 4.79 Å². The summed E-state index contributed by atoms with van der Waals surface area (Å²) in [5, 5.41) is 13.0. The molecule has 1 aliphatic heterocycles. The van der Waals surface area contributed by atoms with Gasteiger partial charge in [0.15, 0.2) is 5.17 Å². The van der Waals surface area contributed by atoms with Crippen molar-refractivity contribution >= 4 is 40.5 Å². The Morgan fingerprint density at radius 2 is 2.08 bits per heavy atom. The van der Waals surface area contributed by atoms with E-state index in [1.54, 1.807) is 0 Å². The number of hydrogen-bond donors (Lipinski definition) is 3. The smallest absolute Gasteiger partial charge is 0.318 e. The number of nitrogens with one attached hydrogen (secondary N) is 2. The molecule has 4 amide bonds. The van der Waals surface area contributed by atoms with E-state index in [4.69, 9.17) is 5.73 Å². The average Bonchev–Trinajstić information content (AvgIpc) is 3.01. The first-order valence-electron chi connectivity index (χ1n) is 8.35. The van der Waals surface area contributed by atoms with Gasteiger partial charge in [0, 0.05) is 17.5 Å². The molecule has 0 aromatic carbocycles. The van der Waals surface area contributed by atoms with Crippen LogP contribution in [-0.4, -0.2) is 34.0 Å². The number of nitrogens with zero attached hydrogens (tertiary/aromatic N) is 2. The quantitative estimate of drug-likeness (QED) is 0.653. The van der Waals surface area contributed by atoms with E-state index in [1.807, 2.05) is 5.32 Å². The molecule has 0 aromatic heterocycles. The molecule has 0 radical (unpaired) electrons. The summed E-state index contributed by atoms with van der Waals surface area (Å²) in [5.41, 5.74) is 6.25. The second-order valence-corrected chi connectivity index (χ2v) is 8.85. The van der Waals surface area contributed by atoms with Crippen molar-refractivity contribution in [3.05, 3.63) is 0 Å². The Morgan fingerprint density at radius 1 is 1.36 bits per heavy atom. The topological polar surface area (TPSA) is 126 Å². The summed E-state index contributed by atoms with van der Waals surface area (Å²) in [5.74, 6) is -0.273. The Kier molecular flexibility index (Phi) is 4.38. The van der Waals surface area contributed by atoms with Gasteiger partial charge in [-0.15, -0.1) is 5.10 Å². The molecule has 3 rings (SSSR count). The molecule has 0 spiro atoms. The minimum absolute atomic E-state index is 0.0514. The zero-order valence-corrected chi connectivity index (χ0v) is 15.4. The summed E-state index contributed by atoms with van der Waals surface area (Å²) in [4.78, 5) is 34.2. The van der Waals surface area contributed by atoms with Crippen LogP contribution in [0.5, 0.6) is 0 Å². The lowest BCUT2D eigenvalue weighted by molar-refractivity contribution is -0.124. The maximum absolute atomic E-state index is 11.9. The molecule has 8 nitrogen and oxygen atoms in total. The van der Waals surface area contributed by atoms with Crippen LogP contribution in [0.4, 0.5) is 4.79 Å². The molecule has 1 heterocycles. The Bertz CT molecular complexity index is 702. The van der Waals surface area contributed by atoms with Crippen LogP contribution in [0.3, 0.4) is 0 Å². The van der Waals surface area contributed by atoms with Crippen molar-refractivity contribution in [1.29, 1.82) is 0 Å². The minimum Gasteiger partial charge on any atom is -0.351 e. The van der Waals surface area contributed by atoms with Crippen molar-refractivity contribution in [2.45, 2.75) is 51.7 Å². The van der Waals surface area contributed by atoms with Gasteiger partial charge in [0.2, 0.25) is 11.8 Å². The molecule has 3 unspecified atom stereocenters. The van der Waals surface area contributed by atoms with Gasteiger partial charge in [0.25, 0.3) is 0 Å². The van der Waals surface area contributed by atoms with E-state index in [0.717, 1.165) is 30.3 Å². The highest BCUT2D eigenvalue weighted by atomic mass is 32.2. The third kappa shape index (κ3) is 3.05. The third-order valence-corrected chi connectivity index (χ3v) is 7.26. The number of hydrogen-bond acceptors (Lipinski definition) is 6. The number of amidine groups is 1. The van der Waals surface area contributed by atoms with Crippen molar-refractivity contribution < 1.29 is 14.4 Å².